The molecule has 0 saturated carbocycles. The van der Waals surface area contributed by atoms with E-state index in [4.69, 9.17) is 18.9 Å². The van der Waals surface area contributed by atoms with E-state index >= 15 is 0 Å². The van der Waals surface area contributed by atoms with Gasteiger partial charge in [-0.25, -0.2) is 0 Å². The summed E-state index contributed by atoms with van der Waals surface area (Å²) in [6.45, 7) is 0. The fourth-order valence-electron chi connectivity index (χ4n) is 2.24. The van der Waals surface area contributed by atoms with E-state index in [9.17, 15) is 5.11 Å². The van der Waals surface area contributed by atoms with Crippen LogP contribution in [0.15, 0.2) is 28.7 Å². The van der Waals surface area contributed by atoms with Crippen molar-refractivity contribution in [1.82, 2.24) is 0 Å². The lowest BCUT2D eigenvalue weighted by Crippen LogP contribution is -1.95. The minimum atomic E-state index is 0.109. The number of halogens is 1. The van der Waals surface area contributed by atoms with E-state index in [2.05, 4.69) is 15.9 Å². The highest BCUT2D eigenvalue weighted by Gasteiger charge is 2.13. The van der Waals surface area contributed by atoms with Gasteiger partial charge >= 0.3 is 0 Å². The van der Waals surface area contributed by atoms with E-state index in [-0.39, 0.29) is 5.75 Å². The number of aromatic hydroxyl groups is 1. The molecule has 128 valence electrons. The zero-order valence-electron chi connectivity index (χ0n) is 13.9. The van der Waals surface area contributed by atoms with E-state index < -0.39 is 0 Å². The van der Waals surface area contributed by atoms with Crippen LogP contribution in [0.4, 0.5) is 0 Å². The second-order valence-electron chi connectivity index (χ2n) is 4.81. The molecule has 0 atom stereocenters. The molecule has 24 heavy (non-hydrogen) atoms. The molecule has 0 radical (unpaired) electrons. The number of hydrogen-bond acceptors (Lipinski definition) is 5. The van der Waals surface area contributed by atoms with Crippen molar-refractivity contribution in [2.75, 3.05) is 28.4 Å². The summed E-state index contributed by atoms with van der Waals surface area (Å²) in [5.74, 6) is 2.34. The smallest absolute Gasteiger partial charge is 0.203 e. The van der Waals surface area contributed by atoms with E-state index in [0.29, 0.717) is 33.0 Å². The zero-order valence-corrected chi connectivity index (χ0v) is 15.5. The van der Waals surface area contributed by atoms with Gasteiger partial charge in [0.1, 0.15) is 16.0 Å². The normalized spacial score (nSPS) is 10.7. The van der Waals surface area contributed by atoms with Gasteiger partial charge < -0.3 is 24.1 Å². The molecule has 0 unspecified atom stereocenters. The molecule has 6 heteroatoms. The van der Waals surface area contributed by atoms with Gasteiger partial charge in [0.25, 0.3) is 0 Å². The van der Waals surface area contributed by atoms with Gasteiger partial charge in [-0.05, 0) is 45.8 Å². The Morgan fingerprint density at radius 1 is 0.833 bits per heavy atom. The standard InChI is InChI=1S/C18H19BrO5/c1-21-13-8-7-12(17(20)16(13)19)6-5-11-9-14(22-2)18(24-4)15(10-11)23-3/h5-10,20H,1-4H3/b6-5-. The van der Waals surface area contributed by atoms with Crippen LogP contribution >= 0.6 is 15.9 Å². The van der Waals surface area contributed by atoms with Gasteiger partial charge in [-0.2, -0.15) is 0 Å². The topological polar surface area (TPSA) is 57.2 Å². The summed E-state index contributed by atoms with van der Waals surface area (Å²) in [7, 11) is 6.24. The lowest BCUT2D eigenvalue weighted by Gasteiger charge is -2.13. The molecule has 0 fully saturated rings. The monoisotopic (exact) mass is 394 g/mol. The van der Waals surface area contributed by atoms with Crippen molar-refractivity contribution < 1.29 is 24.1 Å². The molecule has 2 rings (SSSR count). The van der Waals surface area contributed by atoms with Crippen molar-refractivity contribution in [2.45, 2.75) is 0 Å². The summed E-state index contributed by atoms with van der Waals surface area (Å²) in [5, 5.41) is 10.2. The number of rotatable bonds is 6. The number of benzene rings is 2. The molecule has 2 aromatic carbocycles. The second kappa shape index (κ2) is 7.97. The first-order valence-corrected chi connectivity index (χ1v) is 7.88. The largest absolute Gasteiger partial charge is 0.506 e. The lowest BCUT2D eigenvalue weighted by molar-refractivity contribution is 0.324. The molecule has 0 heterocycles. The zero-order chi connectivity index (χ0) is 17.7. The number of ether oxygens (including phenoxy) is 4. The van der Waals surface area contributed by atoms with Gasteiger partial charge in [0, 0.05) is 5.56 Å². The van der Waals surface area contributed by atoms with Gasteiger partial charge in [0.2, 0.25) is 5.75 Å². The molecule has 0 saturated heterocycles. The van der Waals surface area contributed by atoms with Crippen LogP contribution in [0.3, 0.4) is 0 Å². The van der Waals surface area contributed by atoms with Gasteiger partial charge in [-0.3, -0.25) is 0 Å². The van der Waals surface area contributed by atoms with Crippen LogP contribution in [0.1, 0.15) is 11.1 Å². The van der Waals surface area contributed by atoms with Gasteiger partial charge in [-0.15, -0.1) is 0 Å². The van der Waals surface area contributed by atoms with E-state index in [1.165, 1.54) is 0 Å². The Hall–Kier alpha value is -2.34. The molecule has 0 spiro atoms. The Kier molecular flexibility index (Phi) is 5.98. The maximum absolute atomic E-state index is 10.2. The van der Waals surface area contributed by atoms with E-state index in [0.717, 1.165) is 5.56 Å². The van der Waals surface area contributed by atoms with Crippen molar-refractivity contribution in [1.29, 1.82) is 0 Å². The van der Waals surface area contributed by atoms with Crippen molar-refractivity contribution in [3.05, 3.63) is 39.9 Å². The molecule has 1 N–H and O–H groups in total. The van der Waals surface area contributed by atoms with Crippen LogP contribution in [0.5, 0.6) is 28.7 Å². The van der Waals surface area contributed by atoms with Crippen LogP contribution in [0, 0.1) is 0 Å². The Labute approximate surface area is 149 Å². The molecule has 0 amide bonds. The third kappa shape index (κ3) is 3.59. The highest BCUT2D eigenvalue weighted by Crippen LogP contribution is 2.40. The third-order valence-corrected chi connectivity index (χ3v) is 4.24. The molecule has 0 bridgehead atoms. The van der Waals surface area contributed by atoms with Crippen LogP contribution in [-0.2, 0) is 0 Å². The maximum atomic E-state index is 10.2. The number of methoxy groups -OCH3 is 4. The predicted octanol–water partition coefficient (Wildman–Crippen LogP) is 4.36. The molecule has 0 aromatic heterocycles. The Balaban J connectivity index is 2.41. The van der Waals surface area contributed by atoms with Crippen LogP contribution in [0.2, 0.25) is 0 Å². The average Bonchev–Trinajstić information content (AvgIpc) is 2.61. The fraction of sp³-hybridized carbons (Fsp3) is 0.222. The number of phenolic OH excluding ortho intramolecular Hbond substituents is 1. The summed E-state index contributed by atoms with van der Waals surface area (Å²) in [6, 6.07) is 7.20. The Morgan fingerprint density at radius 3 is 1.92 bits per heavy atom. The highest BCUT2D eigenvalue weighted by atomic mass is 79.9. The minimum absolute atomic E-state index is 0.109. The predicted molar refractivity (Wildman–Crippen MR) is 97.4 cm³/mol. The first kappa shape index (κ1) is 18.0. The van der Waals surface area contributed by atoms with Gasteiger partial charge in [-0.1, -0.05) is 12.2 Å². The van der Waals surface area contributed by atoms with Crippen LogP contribution in [-0.4, -0.2) is 33.5 Å². The summed E-state index contributed by atoms with van der Waals surface area (Å²) >= 11 is 3.32. The first-order valence-electron chi connectivity index (χ1n) is 7.09. The van der Waals surface area contributed by atoms with Crippen LogP contribution < -0.4 is 18.9 Å². The average molecular weight is 395 g/mol. The molecular formula is C18H19BrO5. The lowest BCUT2D eigenvalue weighted by atomic mass is 10.1. The Morgan fingerprint density at radius 2 is 1.42 bits per heavy atom. The first-order chi connectivity index (χ1) is 11.5. The van der Waals surface area contributed by atoms with Crippen molar-refractivity contribution >= 4 is 28.1 Å². The minimum Gasteiger partial charge on any atom is -0.506 e. The second-order valence-corrected chi connectivity index (χ2v) is 5.60. The van der Waals surface area contributed by atoms with Crippen molar-refractivity contribution in [3.8, 4) is 28.7 Å². The van der Waals surface area contributed by atoms with Gasteiger partial charge in [0.15, 0.2) is 11.5 Å². The molecular weight excluding hydrogens is 376 g/mol. The number of phenols is 1. The molecule has 0 aliphatic carbocycles. The van der Waals surface area contributed by atoms with Crippen molar-refractivity contribution in [3.63, 3.8) is 0 Å². The highest BCUT2D eigenvalue weighted by molar-refractivity contribution is 9.10. The summed E-state index contributed by atoms with van der Waals surface area (Å²) in [5.41, 5.74) is 1.49. The van der Waals surface area contributed by atoms with Crippen molar-refractivity contribution in [2.24, 2.45) is 0 Å². The summed E-state index contributed by atoms with van der Waals surface area (Å²) in [6.07, 6.45) is 3.64. The molecule has 5 nitrogen and oxygen atoms in total. The van der Waals surface area contributed by atoms with Crippen LogP contribution in [0.25, 0.3) is 12.2 Å². The number of hydrogen-bond donors (Lipinski definition) is 1. The quantitative estimate of drug-likeness (QED) is 0.737. The molecule has 0 aliphatic rings. The van der Waals surface area contributed by atoms with Gasteiger partial charge in [0.05, 0.1) is 28.4 Å². The Bertz CT molecular complexity index is 730. The van der Waals surface area contributed by atoms with E-state index in [1.807, 2.05) is 18.2 Å². The molecule has 0 aliphatic heterocycles. The fourth-order valence-corrected chi connectivity index (χ4v) is 2.76. The third-order valence-electron chi connectivity index (χ3n) is 3.47. The summed E-state index contributed by atoms with van der Waals surface area (Å²) in [4.78, 5) is 0. The SMILES string of the molecule is COc1ccc(/C=C\c2cc(OC)c(OC)c(OC)c2)c(O)c1Br. The van der Waals surface area contributed by atoms with E-state index in [1.54, 1.807) is 46.6 Å². The summed E-state index contributed by atoms with van der Waals surface area (Å²) < 4.78 is 21.6. The maximum Gasteiger partial charge on any atom is 0.203 e. The molecule has 2 aromatic rings.